The fourth-order valence-electron chi connectivity index (χ4n) is 1.94. The van der Waals surface area contributed by atoms with E-state index in [1.807, 2.05) is 13.8 Å². The molecule has 0 unspecified atom stereocenters. The molecule has 0 fully saturated rings. The quantitative estimate of drug-likeness (QED) is 0.858. The molecule has 0 spiro atoms. The third kappa shape index (κ3) is 6.96. The number of hydrogen-bond acceptors (Lipinski definition) is 3. The molecule has 1 aromatic rings. The molecule has 0 bridgehead atoms. The molecule has 0 radical (unpaired) electrons. The first kappa shape index (κ1) is 15.7. The van der Waals surface area contributed by atoms with Gasteiger partial charge < -0.3 is 5.32 Å². The van der Waals surface area contributed by atoms with Crippen LogP contribution in [0.1, 0.15) is 23.1 Å². The van der Waals surface area contributed by atoms with Gasteiger partial charge in [0.1, 0.15) is 9.84 Å². The summed E-state index contributed by atoms with van der Waals surface area (Å²) in [6.45, 7) is 4.25. The number of nitrogens with one attached hydrogen (secondary N) is 1. The molecule has 0 saturated carbocycles. The summed E-state index contributed by atoms with van der Waals surface area (Å²) in [7, 11) is -3.01. The number of hydrogen-bond donors (Lipinski definition) is 1. The molecule has 1 aromatic carbocycles. The molecule has 1 rings (SSSR count). The number of aryl methyl sites for hydroxylation is 3. The third-order valence-electron chi connectivity index (χ3n) is 2.72. The van der Waals surface area contributed by atoms with Gasteiger partial charge in [-0.15, -0.1) is 0 Å². The molecule has 0 aliphatic rings. The van der Waals surface area contributed by atoms with Crippen molar-refractivity contribution < 1.29 is 13.2 Å². The number of amides is 1. The molecule has 1 N–H and O–H groups in total. The summed E-state index contributed by atoms with van der Waals surface area (Å²) >= 11 is 0. The zero-order chi connectivity index (χ0) is 14.5. The maximum atomic E-state index is 11.6. The van der Waals surface area contributed by atoms with Gasteiger partial charge in [0.2, 0.25) is 5.91 Å². The van der Waals surface area contributed by atoms with Crippen LogP contribution in [0.5, 0.6) is 0 Å². The standard InChI is InChI=1S/C14H21NO3S/c1-11-8-12(2)10-13(9-11)4-5-14(16)15-6-7-19(3,17)18/h8-10H,4-7H2,1-3H3,(H,15,16). The number of carbonyl (C=O) groups is 1. The molecule has 1 amide bonds. The number of sulfone groups is 1. The van der Waals surface area contributed by atoms with E-state index in [4.69, 9.17) is 0 Å². The van der Waals surface area contributed by atoms with Crippen molar-refractivity contribution in [2.45, 2.75) is 26.7 Å². The van der Waals surface area contributed by atoms with Gasteiger partial charge in [-0.05, 0) is 25.8 Å². The van der Waals surface area contributed by atoms with E-state index in [1.54, 1.807) is 0 Å². The van der Waals surface area contributed by atoms with Gasteiger partial charge >= 0.3 is 0 Å². The third-order valence-corrected chi connectivity index (χ3v) is 3.66. The van der Waals surface area contributed by atoms with Crippen LogP contribution in [0.3, 0.4) is 0 Å². The normalized spacial score (nSPS) is 11.3. The van der Waals surface area contributed by atoms with Crippen molar-refractivity contribution in [3.05, 3.63) is 34.9 Å². The highest BCUT2D eigenvalue weighted by Crippen LogP contribution is 2.10. The van der Waals surface area contributed by atoms with Gasteiger partial charge in [0.05, 0.1) is 5.75 Å². The van der Waals surface area contributed by atoms with Crippen LogP contribution < -0.4 is 5.32 Å². The summed E-state index contributed by atoms with van der Waals surface area (Å²) in [6, 6.07) is 6.23. The molecule has 0 aliphatic heterocycles. The average molecular weight is 283 g/mol. The van der Waals surface area contributed by atoms with E-state index >= 15 is 0 Å². The largest absolute Gasteiger partial charge is 0.355 e. The van der Waals surface area contributed by atoms with Crippen LogP contribution in [0.2, 0.25) is 0 Å². The van der Waals surface area contributed by atoms with Crippen molar-refractivity contribution in [1.29, 1.82) is 0 Å². The Morgan fingerprint density at radius 2 is 1.74 bits per heavy atom. The van der Waals surface area contributed by atoms with Gasteiger partial charge in [0.15, 0.2) is 0 Å². The second kappa shape index (κ2) is 6.70. The molecule has 0 atom stereocenters. The van der Waals surface area contributed by atoms with Gasteiger partial charge in [-0.2, -0.15) is 0 Å². The van der Waals surface area contributed by atoms with E-state index in [9.17, 15) is 13.2 Å². The Labute approximate surface area is 115 Å². The number of carbonyl (C=O) groups excluding carboxylic acids is 1. The lowest BCUT2D eigenvalue weighted by molar-refractivity contribution is -0.120. The summed E-state index contributed by atoms with van der Waals surface area (Å²) in [5.41, 5.74) is 3.51. The lowest BCUT2D eigenvalue weighted by Gasteiger charge is -2.06. The van der Waals surface area contributed by atoms with Gasteiger partial charge in [-0.25, -0.2) is 8.42 Å². The van der Waals surface area contributed by atoms with Crippen molar-refractivity contribution in [1.82, 2.24) is 5.32 Å². The Bertz CT molecular complexity index is 530. The maximum Gasteiger partial charge on any atom is 0.220 e. The van der Waals surface area contributed by atoms with Crippen LogP contribution in [-0.4, -0.2) is 32.9 Å². The molecule has 0 aromatic heterocycles. The Hall–Kier alpha value is -1.36. The minimum Gasteiger partial charge on any atom is -0.355 e. The molecular weight excluding hydrogens is 262 g/mol. The van der Waals surface area contributed by atoms with E-state index < -0.39 is 9.84 Å². The molecule has 4 nitrogen and oxygen atoms in total. The number of benzene rings is 1. The summed E-state index contributed by atoms with van der Waals surface area (Å²) < 4.78 is 21.8. The smallest absolute Gasteiger partial charge is 0.220 e. The summed E-state index contributed by atoms with van der Waals surface area (Å²) in [6.07, 6.45) is 2.22. The Morgan fingerprint density at radius 1 is 1.16 bits per heavy atom. The minimum atomic E-state index is -3.01. The van der Waals surface area contributed by atoms with Crippen molar-refractivity contribution in [2.75, 3.05) is 18.6 Å². The van der Waals surface area contributed by atoms with Gasteiger partial charge in [0, 0.05) is 19.2 Å². The van der Waals surface area contributed by atoms with Crippen LogP contribution in [0.15, 0.2) is 18.2 Å². The highest BCUT2D eigenvalue weighted by atomic mass is 32.2. The monoisotopic (exact) mass is 283 g/mol. The Balaban J connectivity index is 2.38. The fraction of sp³-hybridized carbons (Fsp3) is 0.500. The second-order valence-corrected chi connectivity index (χ2v) is 7.24. The van der Waals surface area contributed by atoms with Gasteiger partial charge in [-0.1, -0.05) is 29.3 Å². The maximum absolute atomic E-state index is 11.6. The first-order chi connectivity index (χ1) is 8.76. The van der Waals surface area contributed by atoms with Gasteiger partial charge in [0.25, 0.3) is 0 Å². The van der Waals surface area contributed by atoms with E-state index in [-0.39, 0.29) is 18.2 Å². The predicted molar refractivity (Wildman–Crippen MR) is 77.0 cm³/mol. The predicted octanol–water partition coefficient (Wildman–Crippen LogP) is 1.40. The summed E-state index contributed by atoms with van der Waals surface area (Å²) in [4.78, 5) is 11.6. The van der Waals surface area contributed by atoms with E-state index in [2.05, 4.69) is 23.5 Å². The van der Waals surface area contributed by atoms with E-state index in [0.29, 0.717) is 12.8 Å². The molecule has 19 heavy (non-hydrogen) atoms. The lowest BCUT2D eigenvalue weighted by atomic mass is 10.0. The first-order valence-corrected chi connectivity index (χ1v) is 8.34. The minimum absolute atomic E-state index is 0.0116. The van der Waals surface area contributed by atoms with Gasteiger partial charge in [-0.3, -0.25) is 4.79 Å². The van der Waals surface area contributed by atoms with Crippen molar-refractivity contribution in [3.63, 3.8) is 0 Å². The van der Waals surface area contributed by atoms with Crippen molar-refractivity contribution in [2.24, 2.45) is 0 Å². The molecule has 106 valence electrons. The fourth-order valence-corrected chi connectivity index (χ4v) is 2.41. The van der Waals surface area contributed by atoms with Crippen LogP contribution in [0.25, 0.3) is 0 Å². The summed E-state index contributed by atoms with van der Waals surface area (Å²) in [5.74, 6) is -0.120. The SMILES string of the molecule is Cc1cc(C)cc(CCC(=O)NCCS(C)(=O)=O)c1. The zero-order valence-electron chi connectivity index (χ0n) is 11.7. The first-order valence-electron chi connectivity index (χ1n) is 6.28. The van der Waals surface area contributed by atoms with Crippen LogP contribution in [0, 0.1) is 13.8 Å². The van der Waals surface area contributed by atoms with Crippen LogP contribution >= 0.6 is 0 Å². The number of rotatable bonds is 6. The van der Waals surface area contributed by atoms with Crippen molar-refractivity contribution >= 4 is 15.7 Å². The highest BCUT2D eigenvalue weighted by Gasteiger charge is 2.05. The molecule has 0 saturated heterocycles. The molecule has 0 heterocycles. The average Bonchev–Trinajstić information content (AvgIpc) is 2.23. The topological polar surface area (TPSA) is 63.2 Å². The summed E-state index contributed by atoms with van der Waals surface area (Å²) in [5, 5.41) is 2.62. The van der Waals surface area contributed by atoms with E-state index in [1.165, 1.54) is 11.1 Å². The van der Waals surface area contributed by atoms with E-state index in [0.717, 1.165) is 11.8 Å². The zero-order valence-corrected chi connectivity index (χ0v) is 12.5. The highest BCUT2D eigenvalue weighted by molar-refractivity contribution is 7.90. The van der Waals surface area contributed by atoms with Crippen LogP contribution in [0.4, 0.5) is 0 Å². The Kier molecular flexibility index (Phi) is 5.54. The lowest BCUT2D eigenvalue weighted by Crippen LogP contribution is -2.28. The van der Waals surface area contributed by atoms with Crippen LogP contribution in [-0.2, 0) is 21.1 Å². The molecule has 5 heteroatoms. The molecular formula is C14H21NO3S. The second-order valence-electron chi connectivity index (χ2n) is 4.98. The Morgan fingerprint density at radius 3 is 2.26 bits per heavy atom. The molecule has 0 aliphatic carbocycles. The van der Waals surface area contributed by atoms with Crippen molar-refractivity contribution in [3.8, 4) is 0 Å².